The van der Waals surface area contributed by atoms with Gasteiger partial charge < -0.3 is 10.1 Å². The molecule has 1 aliphatic rings. The van der Waals surface area contributed by atoms with E-state index >= 15 is 0 Å². The van der Waals surface area contributed by atoms with Gasteiger partial charge in [-0.25, -0.2) is 4.98 Å². The first kappa shape index (κ1) is 15.5. The summed E-state index contributed by atoms with van der Waals surface area (Å²) in [5.74, 6) is 0.931. The summed E-state index contributed by atoms with van der Waals surface area (Å²) in [5.41, 5.74) is 2.58. The lowest BCUT2D eigenvalue weighted by Gasteiger charge is -2.18. The van der Waals surface area contributed by atoms with Gasteiger partial charge in [0.25, 0.3) is 0 Å². The third kappa shape index (κ3) is 3.68. The molecular formula is C18H24N2OS. The lowest BCUT2D eigenvalue weighted by atomic mass is 10.2. The Morgan fingerprint density at radius 2 is 2.00 bits per heavy atom. The van der Waals surface area contributed by atoms with Crippen LogP contribution in [0, 0.1) is 6.92 Å². The maximum atomic E-state index is 5.94. The van der Waals surface area contributed by atoms with Gasteiger partial charge in [-0.05, 0) is 52.2 Å². The molecule has 0 saturated heterocycles. The van der Waals surface area contributed by atoms with Crippen molar-refractivity contribution in [3.8, 4) is 5.75 Å². The van der Waals surface area contributed by atoms with Crippen molar-refractivity contribution in [1.82, 2.24) is 10.3 Å². The third-order valence-corrected chi connectivity index (χ3v) is 5.39. The van der Waals surface area contributed by atoms with Gasteiger partial charge in [0.2, 0.25) is 0 Å². The van der Waals surface area contributed by atoms with Gasteiger partial charge in [0.05, 0.1) is 11.7 Å². The van der Waals surface area contributed by atoms with Crippen LogP contribution in [-0.2, 0) is 12.8 Å². The molecule has 0 aliphatic heterocycles. The van der Waals surface area contributed by atoms with Crippen LogP contribution in [0.1, 0.15) is 47.5 Å². The minimum absolute atomic E-state index is 0.136. The molecule has 118 valence electrons. The zero-order chi connectivity index (χ0) is 15.5. The number of fused-ring (bicyclic) bond motifs is 1. The Bertz CT molecular complexity index is 599. The topological polar surface area (TPSA) is 34.1 Å². The van der Waals surface area contributed by atoms with E-state index in [-0.39, 0.29) is 6.10 Å². The minimum Gasteiger partial charge on any atom is -0.489 e. The summed E-state index contributed by atoms with van der Waals surface area (Å²) in [4.78, 5) is 6.27. The van der Waals surface area contributed by atoms with E-state index in [0.29, 0.717) is 6.04 Å². The molecule has 4 heteroatoms. The molecule has 0 radical (unpaired) electrons. The standard InChI is InChI=1S/C18H24N2OS/c1-12-7-9-15(10-8-12)21-13(2)11-19-14(3)18-20-16-5-4-6-17(16)22-18/h7-10,13-14,19H,4-6,11H2,1-3H3/t13-,14+/m0/s1. The highest BCUT2D eigenvalue weighted by molar-refractivity contribution is 7.11. The van der Waals surface area contributed by atoms with Crippen molar-refractivity contribution < 1.29 is 4.74 Å². The maximum Gasteiger partial charge on any atom is 0.119 e. The molecule has 1 aromatic heterocycles. The molecule has 22 heavy (non-hydrogen) atoms. The fourth-order valence-corrected chi connectivity index (χ4v) is 3.90. The average molecular weight is 316 g/mol. The number of nitrogens with one attached hydrogen (secondary N) is 1. The van der Waals surface area contributed by atoms with Gasteiger partial charge in [0.1, 0.15) is 16.9 Å². The summed E-state index contributed by atoms with van der Waals surface area (Å²) in [5, 5.41) is 4.76. The Kier molecular flexibility index (Phi) is 4.79. The van der Waals surface area contributed by atoms with Crippen molar-refractivity contribution in [3.05, 3.63) is 45.4 Å². The highest BCUT2D eigenvalue weighted by atomic mass is 32.1. The smallest absolute Gasteiger partial charge is 0.119 e. The van der Waals surface area contributed by atoms with Crippen LogP contribution in [0.25, 0.3) is 0 Å². The molecule has 0 saturated carbocycles. The van der Waals surface area contributed by atoms with Crippen LogP contribution in [0.3, 0.4) is 0 Å². The molecule has 1 aliphatic carbocycles. The molecule has 2 aromatic rings. The summed E-state index contributed by atoms with van der Waals surface area (Å²) in [6, 6.07) is 8.51. The van der Waals surface area contributed by atoms with Gasteiger partial charge in [-0.3, -0.25) is 0 Å². The lowest BCUT2D eigenvalue weighted by molar-refractivity contribution is 0.212. The van der Waals surface area contributed by atoms with Crippen molar-refractivity contribution >= 4 is 11.3 Å². The van der Waals surface area contributed by atoms with Crippen molar-refractivity contribution in [2.24, 2.45) is 0 Å². The predicted molar refractivity (Wildman–Crippen MR) is 91.8 cm³/mol. The van der Waals surface area contributed by atoms with E-state index in [1.165, 1.54) is 34.0 Å². The van der Waals surface area contributed by atoms with E-state index in [1.54, 1.807) is 0 Å². The van der Waals surface area contributed by atoms with E-state index in [4.69, 9.17) is 9.72 Å². The second-order valence-corrected chi connectivity index (χ2v) is 7.26. The molecule has 1 N–H and O–H groups in total. The minimum atomic E-state index is 0.136. The number of rotatable bonds is 6. The molecule has 0 bridgehead atoms. The first-order chi connectivity index (χ1) is 10.6. The van der Waals surface area contributed by atoms with Gasteiger partial charge in [-0.1, -0.05) is 17.7 Å². The molecule has 3 nitrogen and oxygen atoms in total. The number of thiazole rings is 1. The van der Waals surface area contributed by atoms with Crippen molar-refractivity contribution in [2.45, 2.75) is 52.2 Å². The number of hydrogen-bond acceptors (Lipinski definition) is 4. The number of benzene rings is 1. The lowest BCUT2D eigenvalue weighted by Crippen LogP contribution is -2.30. The molecular weight excluding hydrogens is 292 g/mol. The molecule has 0 amide bonds. The van der Waals surface area contributed by atoms with Gasteiger partial charge in [-0.2, -0.15) is 0 Å². The number of aromatic nitrogens is 1. The van der Waals surface area contributed by atoms with Crippen LogP contribution in [0.5, 0.6) is 5.75 Å². The van der Waals surface area contributed by atoms with Gasteiger partial charge in [-0.15, -0.1) is 11.3 Å². The summed E-state index contributed by atoms with van der Waals surface area (Å²) < 4.78 is 5.94. The fourth-order valence-electron chi connectivity index (χ4n) is 2.72. The van der Waals surface area contributed by atoms with Crippen molar-refractivity contribution in [1.29, 1.82) is 0 Å². The number of hydrogen-bond donors (Lipinski definition) is 1. The molecule has 3 rings (SSSR count). The summed E-state index contributed by atoms with van der Waals surface area (Å²) in [7, 11) is 0. The Morgan fingerprint density at radius 1 is 1.23 bits per heavy atom. The van der Waals surface area contributed by atoms with Gasteiger partial charge in [0, 0.05) is 11.4 Å². The zero-order valence-corrected chi connectivity index (χ0v) is 14.4. The SMILES string of the molecule is Cc1ccc(O[C@@H](C)CN[C@H](C)c2nc3c(s2)CCC3)cc1. The Hall–Kier alpha value is -1.39. The van der Waals surface area contributed by atoms with E-state index in [1.807, 2.05) is 23.5 Å². The quantitative estimate of drug-likeness (QED) is 0.872. The number of nitrogens with zero attached hydrogens (tertiary/aromatic N) is 1. The summed E-state index contributed by atoms with van der Waals surface area (Å²) >= 11 is 1.87. The molecule has 1 aromatic carbocycles. The third-order valence-electron chi connectivity index (χ3n) is 4.05. The van der Waals surface area contributed by atoms with Crippen LogP contribution in [0.4, 0.5) is 0 Å². The molecule has 1 heterocycles. The van der Waals surface area contributed by atoms with Crippen LogP contribution in [-0.4, -0.2) is 17.6 Å². The van der Waals surface area contributed by atoms with E-state index in [2.05, 4.69) is 38.2 Å². The first-order valence-corrected chi connectivity index (χ1v) is 8.88. The van der Waals surface area contributed by atoms with Crippen LogP contribution in [0.15, 0.2) is 24.3 Å². The largest absolute Gasteiger partial charge is 0.489 e. The Labute approximate surface area is 136 Å². The molecule has 0 unspecified atom stereocenters. The molecule has 0 spiro atoms. The number of aryl methyl sites for hydroxylation is 3. The van der Waals surface area contributed by atoms with Crippen molar-refractivity contribution in [3.63, 3.8) is 0 Å². The second-order valence-electron chi connectivity index (χ2n) is 6.15. The first-order valence-electron chi connectivity index (χ1n) is 8.07. The normalized spacial score (nSPS) is 16.3. The highest BCUT2D eigenvalue weighted by Crippen LogP contribution is 2.30. The van der Waals surface area contributed by atoms with E-state index in [9.17, 15) is 0 Å². The maximum absolute atomic E-state index is 5.94. The van der Waals surface area contributed by atoms with E-state index in [0.717, 1.165) is 18.7 Å². The van der Waals surface area contributed by atoms with Gasteiger partial charge in [0.15, 0.2) is 0 Å². The highest BCUT2D eigenvalue weighted by Gasteiger charge is 2.19. The zero-order valence-electron chi connectivity index (χ0n) is 13.6. The fraction of sp³-hybridized carbons (Fsp3) is 0.500. The Morgan fingerprint density at radius 3 is 2.73 bits per heavy atom. The van der Waals surface area contributed by atoms with Crippen molar-refractivity contribution in [2.75, 3.05) is 6.54 Å². The second kappa shape index (κ2) is 6.80. The van der Waals surface area contributed by atoms with E-state index < -0.39 is 0 Å². The summed E-state index contributed by atoms with van der Waals surface area (Å²) in [6.45, 7) is 7.19. The summed E-state index contributed by atoms with van der Waals surface area (Å²) in [6.07, 6.45) is 3.78. The molecule has 2 atom stereocenters. The molecule has 0 fully saturated rings. The van der Waals surface area contributed by atoms with Crippen LogP contribution < -0.4 is 10.1 Å². The predicted octanol–water partition coefficient (Wildman–Crippen LogP) is 4.06. The number of ether oxygens (including phenoxy) is 1. The van der Waals surface area contributed by atoms with Gasteiger partial charge >= 0.3 is 0 Å². The van der Waals surface area contributed by atoms with Crippen LogP contribution in [0.2, 0.25) is 0 Å². The average Bonchev–Trinajstić information content (AvgIpc) is 3.08. The monoisotopic (exact) mass is 316 g/mol. The van der Waals surface area contributed by atoms with Crippen LogP contribution >= 0.6 is 11.3 Å². The Balaban J connectivity index is 1.49.